The number of carbonyl (C=O) groups is 1. The van der Waals surface area contributed by atoms with Crippen molar-refractivity contribution in [2.45, 2.75) is 32.6 Å². The molecule has 1 aromatic heterocycles. The molecule has 104 valence electrons. The van der Waals surface area contributed by atoms with Gasteiger partial charge < -0.3 is 5.11 Å². The van der Waals surface area contributed by atoms with Crippen LogP contribution in [-0.2, 0) is 0 Å². The smallest absolute Gasteiger partial charge is 0.356 e. The van der Waals surface area contributed by atoms with Crippen molar-refractivity contribution in [2.75, 3.05) is 0 Å². The predicted molar refractivity (Wildman–Crippen MR) is 78.5 cm³/mol. The molecule has 0 spiro atoms. The summed E-state index contributed by atoms with van der Waals surface area (Å²) in [6.07, 6.45) is 5.64. The van der Waals surface area contributed by atoms with E-state index in [1.54, 1.807) is 6.21 Å². The lowest BCUT2D eigenvalue weighted by atomic mass is 10.2. The second-order valence-corrected chi connectivity index (χ2v) is 4.95. The zero-order valence-corrected chi connectivity index (χ0v) is 12.6. The van der Waals surface area contributed by atoms with Crippen molar-refractivity contribution < 1.29 is 9.90 Å². The van der Waals surface area contributed by atoms with Crippen LogP contribution in [-0.4, -0.2) is 22.3 Å². The van der Waals surface area contributed by atoms with Crippen LogP contribution < -0.4 is 0 Å². The van der Waals surface area contributed by atoms with E-state index in [2.05, 4.69) is 16.9 Å². The van der Waals surface area contributed by atoms with Crippen LogP contribution in [0.5, 0.6) is 0 Å². The SMILES string of the molecule is CCCCCC=Nc1c(Cl)c(Cl)nc(C(=O)O)c1Cl. The van der Waals surface area contributed by atoms with Crippen LogP contribution in [0.2, 0.25) is 15.2 Å². The van der Waals surface area contributed by atoms with E-state index in [9.17, 15) is 4.79 Å². The summed E-state index contributed by atoms with van der Waals surface area (Å²) in [4.78, 5) is 18.7. The average molecular weight is 324 g/mol. The fourth-order valence-electron chi connectivity index (χ4n) is 1.40. The highest BCUT2D eigenvalue weighted by Crippen LogP contribution is 2.38. The minimum absolute atomic E-state index is 0.0587. The van der Waals surface area contributed by atoms with Crippen molar-refractivity contribution in [1.29, 1.82) is 0 Å². The molecule has 0 atom stereocenters. The Labute approximate surface area is 126 Å². The monoisotopic (exact) mass is 322 g/mol. The highest BCUT2D eigenvalue weighted by molar-refractivity contribution is 6.46. The molecule has 0 fully saturated rings. The molecule has 1 heterocycles. The van der Waals surface area contributed by atoms with Crippen molar-refractivity contribution in [3.63, 3.8) is 0 Å². The van der Waals surface area contributed by atoms with Gasteiger partial charge in [-0.25, -0.2) is 9.78 Å². The molecule has 1 N–H and O–H groups in total. The van der Waals surface area contributed by atoms with Gasteiger partial charge in [0.25, 0.3) is 0 Å². The van der Waals surface area contributed by atoms with Crippen LogP contribution in [0.15, 0.2) is 4.99 Å². The lowest BCUT2D eigenvalue weighted by Gasteiger charge is -2.06. The minimum Gasteiger partial charge on any atom is -0.476 e. The number of carboxylic acid groups (broad SMARTS) is 1. The molecule has 7 heteroatoms. The summed E-state index contributed by atoms with van der Waals surface area (Å²) in [5.74, 6) is -1.27. The Morgan fingerprint density at radius 2 is 2.00 bits per heavy atom. The molecule has 1 aromatic rings. The molecule has 19 heavy (non-hydrogen) atoms. The Kier molecular flexibility index (Phi) is 6.55. The molecule has 4 nitrogen and oxygen atoms in total. The molecule has 0 aliphatic rings. The summed E-state index contributed by atoms with van der Waals surface area (Å²) in [5, 5.41) is 8.78. The predicted octanol–water partition coefficient (Wildman–Crippen LogP) is 5.02. The van der Waals surface area contributed by atoms with Gasteiger partial charge >= 0.3 is 5.97 Å². The summed E-state index contributed by atoms with van der Waals surface area (Å²) >= 11 is 17.6. The third kappa shape index (κ3) is 4.34. The fraction of sp³-hybridized carbons (Fsp3) is 0.417. The van der Waals surface area contributed by atoms with E-state index in [0.29, 0.717) is 0 Å². The van der Waals surface area contributed by atoms with Crippen LogP contribution in [0.3, 0.4) is 0 Å². The van der Waals surface area contributed by atoms with Crippen LogP contribution in [0, 0.1) is 0 Å². The van der Waals surface area contributed by atoms with Gasteiger partial charge in [-0.3, -0.25) is 4.99 Å². The van der Waals surface area contributed by atoms with Gasteiger partial charge in [0.2, 0.25) is 0 Å². The normalized spacial score (nSPS) is 11.2. The van der Waals surface area contributed by atoms with Crippen LogP contribution >= 0.6 is 34.8 Å². The Morgan fingerprint density at radius 1 is 1.32 bits per heavy atom. The maximum Gasteiger partial charge on any atom is 0.356 e. The maximum atomic E-state index is 11.0. The van der Waals surface area contributed by atoms with E-state index in [1.807, 2.05) is 0 Å². The molecule has 0 bridgehead atoms. The van der Waals surface area contributed by atoms with Crippen LogP contribution in [0.1, 0.15) is 43.1 Å². The van der Waals surface area contributed by atoms with Crippen molar-refractivity contribution in [3.05, 3.63) is 20.9 Å². The first-order chi connectivity index (χ1) is 8.99. The van der Waals surface area contributed by atoms with E-state index in [1.165, 1.54) is 0 Å². The van der Waals surface area contributed by atoms with Gasteiger partial charge in [-0.05, 0) is 12.8 Å². The molecule has 0 saturated heterocycles. The highest BCUT2D eigenvalue weighted by Gasteiger charge is 2.20. The van der Waals surface area contributed by atoms with E-state index in [0.717, 1.165) is 25.7 Å². The number of aromatic carboxylic acids is 1. The second-order valence-electron chi connectivity index (χ2n) is 3.84. The third-order valence-electron chi connectivity index (χ3n) is 2.37. The van der Waals surface area contributed by atoms with E-state index in [-0.39, 0.29) is 26.6 Å². The molecule has 1 rings (SSSR count). The Bertz CT molecular complexity index is 504. The molecule has 0 radical (unpaired) electrons. The fourth-order valence-corrected chi connectivity index (χ4v) is 2.07. The van der Waals surface area contributed by atoms with Gasteiger partial charge in [-0.1, -0.05) is 54.6 Å². The number of aliphatic imine (C=N–C) groups is 1. The topological polar surface area (TPSA) is 62.5 Å². The zero-order chi connectivity index (χ0) is 14.4. The van der Waals surface area contributed by atoms with Crippen molar-refractivity contribution in [1.82, 2.24) is 4.98 Å². The van der Waals surface area contributed by atoms with E-state index in [4.69, 9.17) is 39.9 Å². The number of hydrogen-bond donors (Lipinski definition) is 1. The van der Waals surface area contributed by atoms with Gasteiger partial charge in [0.05, 0.1) is 0 Å². The average Bonchev–Trinajstić information content (AvgIpc) is 2.36. The van der Waals surface area contributed by atoms with E-state index < -0.39 is 5.97 Å². The number of unbranched alkanes of at least 4 members (excludes halogenated alkanes) is 3. The summed E-state index contributed by atoms with van der Waals surface area (Å²) < 4.78 is 0. The molecule has 0 aliphatic heterocycles. The van der Waals surface area contributed by atoms with Crippen LogP contribution in [0.4, 0.5) is 5.69 Å². The number of hydrogen-bond acceptors (Lipinski definition) is 3. The third-order valence-corrected chi connectivity index (χ3v) is 3.46. The quantitative estimate of drug-likeness (QED) is 0.454. The summed E-state index contributed by atoms with van der Waals surface area (Å²) in [6, 6.07) is 0. The lowest BCUT2D eigenvalue weighted by molar-refractivity contribution is 0.0691. The van der Waals surface area contributed by atoms with Crippen LogP contribution in [0.25, 0.3) is 0 Å². The second kappa shape index (κ2) is 7.68. The van der Waals surface area contributed by atoms with Crippen molar-refractivity contribution >= 4 is 52.7 Å². The number of carboxylic acids is 1. The van der Waals surface area contributed by atoms with Gasteiger partial charge in [0.1, 0.15) is 15.7 Å². The van der Waals surface area contributed by atoms with E-state index >= 15 is 0 Å². The lowest BCUT2D eigenvalue weighted by Crippen LogP contribution is -2.02. The van der Waals surface area contributed by atoms with Crippen molar-refractivity contribution in [3.8, 4) is 0 Å². The standard InChI is InChI=1S/C12H13Cl3N2O2/c1-2-3-4-5-6-16-9-7(13)10(12(18)19)17-11(15)8(9)14/h6H,2-5H2,1H3,(H,18,19). The Balaban J connectivity index is 3.02. The Hall–Kier alpha value is -0.840. The molecular formula is C12H13Cl3N2O2. The van der Waals surface area contributed by atoms with Gasteiger partial charge in [-0.2, -0.15) is 0 Å². The number of rotatable bonds is 6. The van der Waals surface area contributed by atoms with Crippen molar-refractivity contribution in [2.24, 2.45) is 4.99 Å². The molecule has 0 unspecified atom stereocenters. The zero-order valence-electron chi connectivity index (χ0n) is 10.3. The molecule has 0 amide bonds. The summed E-state index contributed by atoms with van der Waals surface area (Å²) in [6.45, 7) is 2.10. The van der Waals surface area contributed by atoms with Gasteiger partial charge in [-0.15, -0.1) is 0 Å². The first kappa shape index (κ1) is 16.2. The highest BCUT2D eigenvalue weighted by atomic mass is 35.5. The Morgan fingerprint density at radius 3 is 2.58 bits per heavy atom. The van der Waals surface area contributed by atoms with Gasteiger partial charge in [0.15, 0.2) is 10.8 Å². The summed E-state index contributed by atoms with van der Waals surface area (Å²) in [7, 11) is 0. The molecule has 0 saturated carbocycles. The maximum absolute atomic E-state index is 11.0. The summed E-state index contributed by atoms with van der Waals surface area (Å²) in [5.41, 5.74) is -0.200. The number of halogens is 3. The first-order valence-corrected chi connectivity index (χ1v) is 6.92. The number of aromatic nitrogens is 1. The number of nitrogens with zero attached hydrogens (tertiary/aromatic N) is 2. The molecular weight excluding hydrogens is 311 g/mol. The molecule has 0 aliphatic carbocycles. The number of pyridine rings is 1. The largest absolute Gasteiger partial charge is 0.476 e. The van der Waals surface area contributed by atoms with Gasteiger partial charge in [0, 0.05) is 6.21 Å². The molecule has 0 aromatic carbocycles. The minimum atomic E-state index is -1.27. The first-order valence-electron chi connectivity index (χ1n) is 5.79.